The first kappa shape index (κ1) is 13.6. The van der Waals surface area contributed by atoms with Gasteiger partial charge in [-0.1, -0.05) is 46.3 Å². The van der Waals surface area contributed by atoms with Gasteiger partial charge in [0, 0.05) is 4.47 Å². The van der Waals surface area contributed by atoms with Crippen LogP contribution in [0.2, 0.25) is 0 Å². The van der Waals surface area contributed by atoms with Gasteiger partial charge in [-0.15, -0.1) is 0 Å². The molecule has 0 aliphatic carbocycles. The van der Waals surface area contributed by atoms with E-state index in [-0.39, 0.29) is 6.42 Å². The zero-order valence-electron chi connectivity index (χ0n) is 10.2. The Labute approximate surface area is 120 Å². The Morgan fingerprint density at radius 3 is 2.42 bits per heavy atom. The molecular weight excluding hydrogens is 308 g/mol. The molecule has 0 atom stereocenters. The van der Waals surface area contributed by atoms with Crippen molar-refractivity contribution in [2.24, 2.45) is 0 Å². The van der Waals surface area contributed by atoms with Crippen molar-refractivity contribution >= 4 is 21.9 Å². The molecule has 0 amide bonds. The molecule has 0 radical (unpaired) electrons. The summed E-state index contributed by atoms with van der Waals surface area (Å²) in [5, 5.41) is 8.69. The van der Waals surface area contributed by atoms with Gasteiger partial charge < -0.3 is 9.84 Å². The summed E-state index contributed by atoms with van der Waals surface area (Å²) < 4.78 is 6.62. The normalized spacial score (nSPS) is 10.2. The van der Waals surface area contributed by atoms with Crippen LogP contribution in [0.25, 0.3) is 0 Å². The average molecular weight is 321 g/mol. The molecule has 98 valence electrons. The maximum atomic E-state index is 10.6. The highest BCUT2D eigenvalue weighted by atomic mass is 79.9. The molecule has 2 aromatic rings. The van der Waals surface area contributed by atoms with Gasteiger partial charge in [0.25, 0.3) is 0 Å². The number of ether oxygens (including phenoxy) is 1. The average Bonchev–Trinajstić information content (AvgIpc) is 2.37. The van der Waals surface area contributed by atoms with Crippen LogP contribution < -0.4 is 4.74 Å². The predicted molar refractivity (Wildman–Crippen MR) is 76.3 cm³/mol. The second-order valence-corrected chi connectivity index (χ2v) is 5.05. The second-order valence-electron chi connectivity index (χ2n) is 4.13. The quantitative estimate of drug-likeness (QED) is 0.914. The zero-order chi connectivity index (χ0) is 13.7. The fraction of sp³-hybridized carbons (Fsp3) is 0.133. The molecule has 0 heterocycles. The lowest BCUT2D eigenvalue weighted by atomic mass is 10.1. The smallest absolute Gasteiger partial charge is 0.307 e. The number of hydrogen-bond acceptors (Lipinski definition) is 2. The highest BCUT2D eigenvalue weighted by Crippen LogP contribution is 2.19. The molecule has 19 heavy (non-hydrogen) atoms. The van der Waals surface area contributed by atoms with Gasteiger partial charge in [0.15, 0.2) is 0 Å². The van der Waals surface area contributed by atoms with E-state index in [2.05, 4.69) is 15.9 Å². The van der Waals surface area contributed by atoms with Gasteiger partial charge in [-0.3, -0.25) is 4.79 Å². The van der Waals surface area contributed by atoms with Crippen LogP contribution in [0.3, 0.4) is 0 Å². The third kappa shape index (κ3) is 4.41. The summed E-state index contributed by atoms with van der Waals surface area (Å²) in [5.41, 5.74) is 1.80. The number of carboxylic acid groups (broad SMARTS) is 1. The van der Waals surface area contributed by atoms with Crippen molar-refractivity contribution in [2.75, 3.05) is 0 Å². The van der Waals surface area contributed by atoms with Crippen LogP contribution in [0.15, 0.2) is 53.0 Å². The number of hydrogen-bond donors (Lipinski definition) is 1. The number of carbonyl (C=O) groups is 1. The van der Waals surface area contributed by atoms with Crippen LogP contribution in [0, 0.1) is 0 Å². The molecule has 1 N–H and O–H groups in total. The molecule has 0 aromatic heterocycles. The summed E-state index contributed by atoms with van der Waals surface area (Å²) >= 11 is 3.39. The van der Waals surface area contributed by atoms with E-state index in [4.69, 9.17) is 9.84 Å². The first-order valence-electron chi connectivity index (χ1n) is 5.81. The molecule has 0 saturated heterocycles. The minimum Gasteiger partial charge on any atom is -0.489 e. The fourth-order valence-corrected chi connectivity index (χ4v) is 2.03. The second kappa shape index (κ2) is 6.38. The van der Waals surface area contributed by atoms with Gasteiger partial charge in [-0.2, -0.15) is 0 Å². The number of rotatable bonds is 5. The number of benzene rings is 2. The van der Waals surface area contributed by atoms with Crippen molar-refractivity contribution in [1.82, 2.24) is 0 Å². The van der Waals surface area contributed by atoms with E-state index in [9.17, 15) is 4.79 Å². The fourth-order valence-electron chi connectivity index (χ4n) is 1.65. The van der Waals surface area contributed by atoms with Gasteiger partial charge >= 0.3 is 5.97 Å². The van der Waals surface area contributed by atoms with Crippen molar-refractivity contribution in [1.29, 1.82) is 0 Å². The minimum atomic E-state index is -0.821. The van der Waals surface area contributed by atoms with E-state index in [1.807, 2.05) is 48.5 Å². The van der Waals surface area contributed by atoms with E-state index >= 15 is 0 Å². The van der Waals surface area contributed by atoms with Crippen molar-refractivity contribution in [2.45, 2.75) is 13.0 Å². The Balaban J connectivity index is 1.94. The van der Waals surface area contributed by atoms with E-state index in [0.29, 0.717) is 6.61 Å². The lowest BCUT2D eigenvalue weighted by Crippen LogP contribution is -2.00. The molecular formula is C15H13BrO3. The Bertz CT molecular complexity index is 564. The molecule has 0 fully saturated rings. The van der Waals surface area contributed by atoms with Gasteiger partial charge in [0.1, 0.15) is 12.4 Å². The molecule has 4 heteroatoms. The maximum absolute atomic E-state index is 10.6. The molecule has 0 saturated carbocycles. The molecule has 0 aliphatic rings. The van der Waals surface area contributed by atoms with E-state index in [1.54, 1.807) is 0 Å². The summed E-state index contributed by atoms with van der Waals surface area (Å²) in [6, 6.07) is 15.0. The minimum absolute atomic E-state index is 0.0484. The summed E-state index contributed by atoms with van der Waals surface area (Å²) in [4.78, 5) is 10.6. The molecule has 0 bridgehead atoms. The molecule has 0 spiro atoms. The van der Waals surface area contributed by atoms with Crippen LogP contribution in [0.4, 0.5) is 0 Å². The van der Waals surface area contributed by atoms with E-state index < -0.39 is 5.97 Å². The van der Waals surface area contributed by atoms with Crippen molar-refractivity contribution in [3.63, 3.8) is 0 Å². The highest BCUT2D eigenvalue weighted by Gasteiger charge is 2.01. The third-order valence-electron chi connectivity index (χ3n) is 2.58. The van der Waals surface area contributed by atoms with Crippen LogP contribution in [0.1, 0.15) is 11.1 Å². The van der Waals surface area contributed by atoms with Gasteiger partial charge in [0.05, 0.1) is 6.42 Å². The number of carboxylic acids is 1. The SMILES string of the molecule is O=C(O)Cc1ccc(COc2cccc(Br)c2)cc1. The van der Waals surface area contributed by atoms with Gasteiger partial charge in [-0.05, 0) is 29.3 Å². The number of aliphatic carboxylic acids is 1. The first-order valence-corrected chi connectivity index (χ1v) is 6.61. The van der Waals surface area contributed by atoms with E-state index in [1.165, 1.54) is 0 Å². The van der Waals surface area contributed by atoms with Gasteiger partial charge in [-0.25, -0.2) is 0 Å². The van der Waals surface area contributed by atoms with Crippen molar-refractivity contribution in [3.8, 4) is 5.75 Å². The molecule has 3 nitrogen and oxygen atoms in total. The summed E-state index contributed by atoms with van der Waals surface area (Å²) in [5.74, 6) is -0.0258. The van der Waals surface area contributed by atoms with Crippen molar-refractivity contribution in [3.05, 3.63) is 64.1 Å². The Hall–Kier alpha value is -1.81. The predicted octanol–water partition coefficient (Wildman–Crippen LogP) is 3.66. The standard InChI is InChI=1S/C15H13BrO3/c16-13-2-1-3-14(9-13)19-10-12-6-4-11(5-7-12)8-15(17)18/h1-7,9H,8,10H2,(H,17,18). The Morgan fingerprint density at radius 2 is 1.79 bits per heavy atom. The Kier molecular flexibility index (Phi) is 4.58. The van der Waals surface area contributed by atoms with Crippen LogP contribution >= 0.6 is 15.9 Å². The van der Waals surface area contributed by atoms with Gasteiger partial charge in [0.2, 0.25) is 0 Å². The molecule has 0 aliphatic heterocycles. The summed E-state index contributed by atoms with van der Waals surface area (Å²) in [6.07, 6.45) is 0.0484. The highest BCUT2D eigenvalue weighted by molar-refractivity contribution is 9.10. The zero-order valence-corrected chi connectivity index (χ0v) is 11.8. The lowest BCUT2D eigenvalue weighted by Gasteiger charge is -2.07. The molecule has 2 aromatic carbocycles. The Morgan fingerprint density at radius 1 is 1.11 bits per heavy atom. The summed E-state index contributed by atoms with van der Waals surface area (Å²) in [7, 11) is 0. The van der Waals surface area contributed by atoms with Crippen molar-refractivity contribution < 1.29 is 14.6 Å². The third-order valence-corrected chi connectivity index (χ3v) is 3.07. The molecule has 0 unspecified atom stereocenters. The summed E-state index contributed by atoms with van der Waals surface area (Å²) in [6.45, 7) is 0.462. The molecule has 2 rings (SSSR count). The maximum Gasteiger partial charge on any atom is 0.307 e. The lowest BCUT2D eigenvalue weighted by molar-refractivity contribution is -0.136. The number of halogens is 1. The van der Waals surface area contributed by atoms with Crippen LogP contribution in [-0.2, 0) is 17.8 Å². The largest absolute Gasteiger partial charge is 0.489 e. The van der Waals surface area contributed by atoms with E-state index in [0.717, 1.165) is 21.3 Å². The first-order chi connectivity index (χ1) is 9.13. The van der Waals surface area contributed by atoms with Crippen LogP contribution in [-0.4, -0.2) is 11.1 Å². The van der Waals surface area contributed by atoms with Crippen LogP contribution in [0.5, 0.6) is 5.75 Å². The monoisotopic (exact) mass is 320 g/mol. The topological polar surface area (TPSA) is 46.5 Å².